The van der Waals surface area contributed by atoms with Crippen LogP contribution in [0.1, 0.15) is 46.1 Å². The molecule has 4 rings (SSSR count). The molecule has 1 aliphatic rings. The summed E-state index contributed by atoms with van der Waals surface area (Å²) in [6, 6.07) is 17.1. The molecule has 3 aromatic rings. The number of nitrogens with zero attached hydrogens (tertiary/aromatic N) is 3. The number of carbonyl (C=O) groups is 2. The molecule has 1 fully saturated rings. The summed E-state index contributed by atoms with van der Waals surface area (Å²) in [6.45, 7) is 5.13. The second-order valence-corrected chi connectivity index (χ2v) is 8.11. The zero-order chi connectivity index (χ0) is 21.1. The van der Waals surface area contributed by atoms with E-state index in [1.54, 1.807) is 6.33 Å². The second kappa shape index (κ2) is 8.66. The van der Waals surface area contributed by atoms with Gasteiger partial charge in [0.25, 0.3) is 0 Å². The second-order valence-electron chi connectivity index (χ2n) is 8.11. The molecular formula is C25H27N3O2. The lowest BCUT2D eigenvalue weighted by atomic mass is 9.88. The highest BCUT2D eigenvalue weighted by Gasteiger charge is 2.32. The van der Waals surface area contributed by atoms with Crippen LogP contribution in [0.2, 0.25) is 0 Å². The Balaban J connectivity index is 1.48. The first-order chi connectivity index (χ1) is 14.5. The van der Waals surface area contributed by atoms with Gasteiger partial charge in [0.1, 0.15) is 6.04 Å². The van der Waals surface area contributed by atoms with Crippen molar-refractivity contribution in [3.05, 3.63) is 89.5 Å². The SMILES string of the molecule is Cc1ccc(C(=O)C2CCN(C(=O)C(c3ccccc3)n3cnc(C)c3)CC2)cc1. The summed E-state index contributed by atoms with van der Waals surface area (Å²) >= 11 is 0. The largest absolute Gasteiger partial charge is 0.341 e. The Hall–Kier alpha value is -3.21. The van der Waals surface area contributed by atoms with Crippen LogP contribution in [0.15, 0.2) is 67.1 Å². The van der Waals surface area contributed by atoms with E-state index < -0.39 is 6.04 Å². The van der Waals surface area contributed by atoms with Gasteiger partial charge in [0.05, 0.1) is 12.0 Å². The number of aryl methyl sites for hydroxylation is 2. The quantitative estimate of drug-likeness (QED) is 0.602. The third kappa shape index (κ3) is 4.20. The molecule has 0 radical (unpaired) electrons. The summed E-state index contributed by atoms with van der Waals surface area (Å²) in [4.78, 5) is 32.5. The van der Waals surface area contributed by atoms with Crippen LogP contribution in [-0.2, 0) is 4.79 Å². The molecule has 154 valence electrons. The molecule has 0 spiro atoms. The van der Waals surface area contributed by atoms with Gasteiger partial charge in [-0.3, -0.25) is 9.59 Å². The van der Waals surface area contributed by atoms with Gasteiger partial charge in [0.15, 0.2) is 5.78 Å². The van der Waals surface area contributed by atoms with Crippen LogP contribution in [-0.4, -0.2) is 39.2 Å². The molecule has 0 aliphatic carbocycles. The fourth-order valence-corrected chi connectivity index (χ4v) is 4.15. The van der Waals surface area contributed by atoms with Crippen LogP contribution in [0.4, 0.5) is 0 Å². The predicted octanol–water partition coefficient (Wildman–Crippen LogP) is 4.21. The molecule has 5 heteroatoms. The average molecular weight is 402 g/mol. The molecule has 1 unspecified atom stereocenters. The molecule has 0 bridgehead atoms. The Morgan fingerprint density at radius 1 is 0.967 bits per heavy atom. The van der Waals surface area contributed by atoms with Crippen molar-refractivity contribution in [2.45, 2.75) is 32.7 Å². The van der Waals surface area contributed by atoms with Crippen molar-refractivity contribution in [1.82, 2.24) is 14.5 Å². The maximum Gasteiger partial charge on any atom is 0.250 e. The van der Waals surface area contributed by atoms with Crippen molar-refractivity contribution in [2.75, 3.05) is 13.1 Å². The van der Waals surface area contributed by atoms with Gasteiger partial charge in [-0.2, -0.15) is 0 Å². The van der Waals surface area contributed by atoms with Gasteiger partial charge in [-0.1, -0.05) is 60.2 Å². The molecule has 30 heavy (non-hydrogen) atoms. The van der Waals surface area contributed by atoms with E-state index in [-0.39, 0.29) is 17.6 Å². The number of carbonyl (C=O) groups excluding carboxylic acids is 2. The lowest BCUT2D eigenvalue weighted by Crippen LogP contribution is -2.43. The monoisotopic (exact) mass is 401 g/mol. The molecule has 2 heterocycles. The maximum atomic E-state index is 13.5. The summed E-state index contributed by atoms with van der Waals surface area (Å²) in [5.41, 5.74) is 3.74. The fraction of sp³-hybridized carbons (Fsp3) is 0.320. The van der Waals surface area contributed by atoms with E-state index in [1.165, 1.54) is 0 Å². The van der Waals surface area contributed by atoms with E-state index in [0.717, 1.165) is 22.4 Å². The third-order valence-electron chi connectivity index (χ3n) is 5.89. The Morgan fingerprint density at radius 2 is 1.63 bits per heavy atom. The van der Waals surface area contributed by atoms with Crippen molar-refractivity contribution < 1.29 is 9.59 Å². The molecule has 2 aromatic carbocycles. The summed E-state index contributed by atoms with van der Waals surface area (Å²) in [6.07, 6.45) is 5.02. The normalized spacial score (nSPS) is 15.7. The van der Waals surface area contributed by atoms with E-state index in [0.29, 0.717) is 25.9 Å². The number of aromatic nitrogens is 2. The average Bonchev–Trinajstić information content (AvgIpc) is 3.20. The van der Waals surface area contributed by atoms with Crippen molar-refractivity contribution in [3.63, 3.8) is 0 Å². The number of piperidine rings is 1. The zero-order valence-corrected chi connectivity index (χ0v) is 17.5. The number of hydrogen-bond donors (Lipinski definition) is 0. The van der Waals surface area contributed by atoms with Crippen LogP contribution in [0, 0.1) is 19.8 Å². The van der Waals surface area contributed by atoms with E-state index in [9.17, 15) is 9.59 Å². The molecule has 5 nitrogen and oxygen atoms in total. The summed E-state index contributed by atoms with van der Waals surface area (Å²) in [7, 11) is 0. The number of hydrogen-bond acceptors (Lipinski definition) is 3. The van der Waals surface area contributed by atoms with E-state index in [4.69, 9.17) is 0 Å². The Morgan fingerprint density at radius 3 is 2.23 bits per heavy atom. The zero-order valence-electron chi connectivity index (χ0n) is 17.5. The van der Waals surface area contributed by atoms with Crippen LogP contribution in [0.5, 0.6) is 0 Å². The number of likely N-dealkylation sites (tertiary alicyclic amines) is 1. The molecular weight excluding hydrogens is 374 g/mol. The smallest absolute Gasteiger partial charge is 0.250 e. The fourth-order valence-electron chi connectivity index (χ4n) is 4.15. The number of benzene rings is 2. The molecule has 1 aliphatic heterocycles. The van der Waals surface area contributed by atoms with Crippen LogP contribution in [0.25, 0.3) is 0 Å². The van der Waals surface area contributed by atoms with Gasteiger partial charge in [-0.25, -0.2) is 4.98 Å². The highest BCUT2D eigenvalue weighted by atomic mass is 16.2. The van der Waals surface area contributed by atoms with Crippen LogP contribution < -0.4 is 0 Å². The van der Waals surface area contributed by atoms with Gasteiger partial charge in [0, 0.05) is 30.8 Å². The van der Waals surface area contributed by atoms with Crippen molar-refractivity contribution in [2.24, 2.45) is 5.92 Å². The molecule has 1 saturated heterocycles. The molecule has 1 atom stereocenters. The topological polar surface area (TPSA) is 55.2 Å². The van der Waals surface area contributed by atoms with Crippen LogP contribution >= 0.6 is 0 Å². The Labute approximate surface area is 177 Å². The minimum absolute atomic E-state index is 0.0255. The minimum atomic E-state index is -0.434. The Bertz CT molecular complexity index is 1020. The molecule has 1 amide bonds. The molecule has 1 aromatic heterocycles. The lowest BCUT2D eigenvalue weighted by molar-refractivity contribution is -0.134. The Kier molecular flexibility index (Phi) is 5.79. The van der Waals surface area contributed by atoms with Gasteiger partial charge >= 0.3 is 0 Å². The predicted molar refractivity (Wildman–Crippen MR) is 116 cm³/mol. The van der Waals surface area contributed by atoms with Crippen molar-refractivity contribution >= 4 is 11.7 Å². The van der Waals surface area contributed by atoms with Crippen molar-refractivity contribution in [3.8, 4) is 0 Å². The van der Waals surface area contributed by atoms with Gasteiger partial charge < -0.3 is 9.47 Å². The number of imidazole rings is 1. The van der Waals surface area contributed by atoms with E-state index in [2.05, 4.69) is 4.98 Å². The van der Waals surface area contributed by atoms with Gasteiger partial charge in [0.2, 0.25) is 5.91 Å². The highest BCUT2D eigenvalue weighted by Crippen LogP contribution is 2.27. The van der Waals surface area contributed by atoms with E-state index >= 15 is 0 Å². The molecule has 0 saturated carbocycles. The van der Waals surface area contributed by atoms with Gasteiger partial charge in [-0.05, 0) is 32.3 Å². The standard InChI is InChI=1S/C25H27N3O2/c1-18-8-10-21(11-9-18)24(29)22-12-14-27(15-13-22)25(30)23(20-6-4-3-5-7-20)28-16-19(2)26-17-28/h3-11,16-17,22-23H,12-15H2,1-2H3. The lowest BCUT2D eigenvalue weighted by Gasteiger charge is -2.34. The maximum absolute atomic E-state index is 13.5. The number of Topliss-reactive ketones (excluding diaryl/α,β-unsaturated/α-hetero) is 1. The summed E-state index contributed by atoms with van der Waals surface area (Å²) in [5.74, 6) is 0.217. The number of rotatable bonds is 5. The minimum Gasteiger partial charge on any atom is -0.341 e. The number of ketones is 1. The first-order valence-corrected chi connectivity index (χ1v) is 10.5. The summed E-state index contributed by atoms with van der Waals surface area (Å²) in [5, 5.41) is 0. The summed E-state index contributed by atoms with van der Waals surface area (Å²) < 4.78 is 1.89. The van der Waals surface area contributed by atoms with E-state index in [1.807, 2.05) is 84.1 Å². The number of amides is 1. The van der Waals surface area contributed by atoms with Crippen molar-refractivity contribution in [1.29, 1.82) is 0 Å². The molecule has 0 N–H and O–H groups in total. The highest BCUT2D eigenvalue weighted by molar-refractivity contribution is 5.98. The van der Waals surface area contributed by atoms with Crippen LogP contribution in [0.3, 0.4) is 0 Å². The third-order valence-corrected chi connectivity index (χ3v) is 5.89. The first kappa shape index (κ1) is 20.1. The van der Waals surface area contributed by atoms with Gasteiger partial charge in [-0.15, -0.1) is 0 Å². The first-order valence-electron chi connectivity index (χ1n) is 10.5.